The monoisotopic (exact) mass is 444 g/mol. The number of hydrogen-bond donors (Lipinski definition) is 1. The Morgan fingerprint density at radius 1 is 1.23 bits per heavy atom. The highest BCUT2D eigenvalue weighted by Gasteiger charge is 2.22. The molecule has 7 nitrogen and oxygen atoms in total. The maximum Gasteiger partial charge on any atom is 0.298 e. The lowest BCUT2D eigenvalue weighted by molar-refractivity contribution is -0.116. The molecule has 4 rings (SSSR count). The Labute approximate surface area is 180 Å². The van der Waals surface area contributed by atoms with E-state index in [9.17, 15) is 18.2 Å². The van der Waals surface area contributed by atoms with Gasteiger partial charge in [0.2, 0.25) is 0 Å². The van der Waals surface area contributed by atoms with Crippen LogP contribution in [0.15, 0.2) is 45.7 Å². The molecular formula is C22H21FN2O5S. The van der Waals surface area contributed by atoms with Gasteiger partial charge in [0, 0.05) is 37.3 Å². The molecule has 0 bridgehead atoms. The van der Waals surface area contributed by atoms with Crippen LogP contribution in [0.25, 0.3) is 11.0 Å². The van der Waals surface area contributed by atoms with Crippen molar-refractivity contribution >= 4 is 39.3 Å². The number of fused-ring (bicyclic) bond motifs is 1. The van der Waals surface area contributed by atoms with E-state index in [0.29, 0.717) is 17.0 Å². The Morgan fingerprint density at radius 2 is 2.00 bits per heavy atom. The van der Waals surface area contributed by atoms with Gasteiger partial charge in [-0.1, -0.05) is 6.07 Å². The Bertz CT molecular complexity index is 1200. The van der Waals surface area contributed by atoms with E-state index in [2.05, 4.69) is 4.72 Å². The molecule has 0 radical (unpaired) electrons. The lowest BCUT2D eigenvalue weighted by Gasteiger charge is -2.33. The number of hydrogen-bond acceptors (Lipinski definition) is 6. The number of nitrogens with one attached hydrogen (secondary N) is 1. The summed E-state index contributed by atoms with van der Waals surface area (Å²) in [6.45, 7) is 3.15. The van der Waals surface area contributed by atoms with Crippen LogP contribution in [0.1, 0.15) is 29.5 Å². The first kappa shape index (κ1) is 21.0. The summed E-state index contributed by atoms with van der Waals surface area (Å²) in [5.74, 6) is -1.13. The number of ether oxygens (including phenoxy) is 1. The Kier molecular flexibility index (Phi) is 5.77. The van der Waals surface area contributed by atoms with Crippen molar-refractivity contribution in [1.29, 1.82) is 0 Å². The third-order valence-corrected chi connectivity index (χ3v) is 6.17. The second kappa shape index (κ2) is 8.50. The highest BCUT2D eigenvalue weighted by atomic mass is 32.2. The van der Waals surface area contributed by atoms with E-state index in [1.165, 1.54) is 26.2 Å². The van der Waals surface area contributed by atoms with E-state index in [-0.39, 0.29) is 33.8 Å². The summed E-state index contributed by atoms with van der Waals surface area (Å²) in [6, 6.07) is 9.24. The summed E-state index contributed by atoms with van der Waals surface area (Å²) in [5.41, 5.74) is 1.60. The van der Waals surface area contributed by atoms with Gasteiger partial charge in [0.25, 0.3) is 5.91 Å². The Hall–Kier alpha value is -3.20. The first-order chi connectivity index (χ1) is 14.9. The third-order valence-electron chi connectivity index (χ3n) is 5.08. The molecule has 9 heteroatoms. The standard InChI is InChI=1S/C22H21FN2O5S/c1-13(26)8-14-4-5-18(29-2)21(9-14)31(28)24-22(27)20-12-16-17(23)10-15(11-19(16)30-20)25-6-3-7-25/h4-5,9-12H,3,6-8H2,1-2H3,(H,24,27). The molecule has 3 aromatic rings. The van der Waals surface area contributed by atoms with Crippen LogP contribution in [-0.4, -0.2) is 36.1 Å². The quantitative estimate of drug-likeness (QED) is 0.601. The van der Waals surface area contributed by atoms with Gasteiger partial charge in [0.15, 0.2) is 16.7 Å². The van der Waals surface area contributed by atoms with E-state index in [1.807, 2.05) is 4.90 Å². The van der Waals surface area contributed by atoms with Crippen LogP contribution >= 0.6 is 0 Å². The zero-order valence-corrected chi connectivity index (χ0v) is 17.9. The van der Waals surface area contributed by atoms with Gasteiger partial charge in [-0.25, -0.2) is 8.60 Å². The average Bonchev–Trinajstić information content (AvgIpc) is 3.11. The fraction of sp³-hybridized carbons (Fsp3) is 0.273. The van der Waals surface area contributed by atoms with Gasteiger partial charge in [-0.2, -0.15) is 0 Å². The number of methoxy groups -OCH3 is 1. The zero-order valence-electron chi connectivity index (χ0n) is 17.1. The third kappa shape index (κ3) is 4.32. The molecule has 162 valence electrons. The van der Waals surface area contributed by atoms with Crippen LogP contribution in [0.3, 0.4) is 0 Å². The van der Waals surface area contributed by atoms with Gasteiger partial charge in [0.05, 0.1) is 12.5 Å². The molecule has 1 N–H and O–H groups in total. The number of carbonyl (C=O) groups is 2. The zero-order chi connectivity index (χ0) is 22.1. The molecule has 1 amide bonds. The summed E-state index contributed by atoms with van der Waals surface area (Å²) in [5, 5.41) is 0.182. The van der Waals surface area contributed by atoms with E-state index in [1.54, 1.807) is 24.3 Å². The van der Waals surface area contributed by atoms with E-state index < -0.39 is 22.7 Å². The topological polar surface area (TPSA) is 88.8 Å². The van der Waals surface area contributed by atoms with Crippen molar-refractivity contribution < 1.29 is 27.3 Å². The molecule has 1 fully saturated rings. The largest absolute Gasteiger partial charge is 0.495 e. The van der Waals surface area contributed by atoms with E-state index in [4.69, 9.17) is 9.15 Å². The van der Waals surface area contributed by atoms with E-state index in [0.717, 1.165) is 19.5 Å². The molecule has 31 heavy (non-hydrogen) atoms. The van der Waals surface area contributed by atoms with Crippen molar-refractivity contribution in [1.82, 2.24) is 4.72 Å². The number of rotatable bonds is 7. The molecule has 1 aromatic heterocycles. The molecule has 0 spiro atoms. The molecule has 1 atom stereocenters. The first-order valence-electron chi connectivity index (χ1n) is 9.73. The summed E-state index contributed by atoms with van der Waals surface area (Å²) in [7, 11) is -0.562. The minimum Gasteiger partial charge on any atom is -0.495 e. The van der Waals surface area contributed by atoms with Crippen molar-refractivity contribution in [2.24, 2.45) is 0 Å². The lowest BCUT2D eigenvalue weighted by atomic mass is 10.1. The summed E-state index contributed by atoms with van der Waals surface area (Å²) < 4.78 is 40.4. The Balaban J connectivity index is 1.58. The Morgan fingerprint density at radius 3 is 2.65 bits per heavy atom. The number of furan rings is 1. The molecule has 2 heterocycles. The van der Waals surface area contributed by atoms with Gasteiger partial charge in [-0.15, -0.1) is 0 Å². The second-order valence-electron chi connectivity index (χ2n) is 7.35. The summed E-state index contributed by atoms with van der Waals surface area (Å²) in [6.07, 6.45) is 1.22. The smallest absolute Gasteiger partial charge is 0.298 e. The number of ketones is 1. The fourth-order valence-corrected chi connectivity index (χ4v) is 4.38. The van der Waals surface area contributed by atoms with Crippen molar-refractivity contribution in [3.05, 3.63) is 53.5 Å². The van der Waals surface area contributed by atoms with Crippen molar-refractivity contribution in [3.63, 3.8) is 0 Å². The van der Waals surface area contributed by atoms with Crippen LogP contribution in [0.2, 0.25) is 0 Å². The lowest BCUT2D eigenvalue weighted by Crippen LogP contribution is -2.36. The predicted octanol–water partition coefficient (Wildman–Crippen LogP) is 3.37. The van der Waals surface area contributed by atoms with Gasteiger partial charge in [0.1, 0.15) is 27.8 Å². The number of nitrogens with zero attached hydrogens (tertiary/aromatic N) is 1. The maximum absolute atomic E-state index is 14.5. The molecule has 1 unspecified atom stereocenters. The molecule has 2 aromatic carbocycles. The van der Waals surface area contributed by atoms with Crippen LogP contribution in [0.5, 0.6) is 5.75 Å². The maximum atomic E-state index is 14.5. The van der Waals surface area contributed by atoms with Crippen LogP contribution in [0, 0.1) is 5.82 Å². The average molecular weight is 444 g/mol. The van der Waals surface area contributed by atoms with Crippen LogP contribution in [-0.2, 0) is 22.2 Å². The number of carbonyl (C=O) groups excluding carboxylic acids is 2. The predicted molar refractivity (Wildman–Crippen MR) is 114 cm³/mol. The highest BCUT2D eigenvalue weighted by Crippen LogP contribution is 2.30. The van der Waals surface area contributed by atoms with Crippen molar-refractivity contribution in [3.8, 4) is 5.75 Å². The molecular weight excluding hydrogens is 423 g/mol. The van der Waals surface area contributed by atoms with Crippen LogP contribution < -0.4 is 14.4 Å². The normalized spacial score (nSPS) is 14.2. The minimum atomic E-state index is -1.98. The molecule has 1 aliphatic rings. The molecule has 1 aliphatic heterocycles. The van der Waals surface area contributed by atoms with Crippen LogP contribution in [0.4, 0.5) is 10.1 Å². The molecule has 1 saturated heterocycles. The molecule has 0 aliphatic carbocycles. The number of anilines is 1. The second-order valence-corrected chi connectivity index (χ2v) is 8.54. The molecule has 0 saturated carbocycles. The fourth-order valence-electron chi connectivity index (χ4n) is 3.40. The number of halogens is 1. The van der Waals surface area contributed by atoms with Gasteiger partial charge in [-0.05, 0) is 37.1 Å². The van der Waals surface area contributed by atoms with Crippen molar-refractivity contribution in [2.45, 2.75) is 24.7 Å². The van der Waals surface area contributed by atoms with Gasteiger partial charge < -0.3 is 14.1 Å². The van der Waals surface area contributed by atoms with Crippen molar-refractivity contribution in [2.75, 3.05) is 25.1 Å². The van der Waals surface area contributed by atoms with Gasteiger partial charge in [-0.3, -0.25) is 14.3 Å². The summed E-state index contributed by atoms with van der Waals surface area (Å²) >= 11 is 0. The summed E-state index contributed by atoms with van der Waals surface area (Å²) in [4.78, 5) is 26.3. The van der Waals surface area contributed by atoms with Gasteiger partial charge >= 0.3 is 0 Å². The number of benzene rings is 2. The first-order valence-corrected chi connectivity index (χ1v) is 10.9. The SMILES string of the molecule is COc1ccc(CC(C)=O)cc1S(=O)NC(=O)c1cc2c(F)cc(N3CCC3)cc2o1. The highest BCUT2D eigenvalue weighted by molar-refractivity contribution is 7.83. The number of amides is 1. The van der Waals surface area contributed by atoms with E-state index >= 15 is 0 Å². The number of Topliss-reactive ketones (excluding diaryl/α,β-unsaturated/α-hetero) is 1. The minimum absolute atomic E-state index is 0.0483.